The normalized spacial score (nSPS) is 13.7. The van der Waals surface area contributed by atoms with Crippen molar-refractivity contribution in [2.75, 3.05) is 0 Å². The van der Waals surface area contributed by atoms with Crippen molar-refractivity contribution in [1.82, 2.24) is 0 Å². The van der Waals surface area contributed by atoms with E-state index in [1.165, 1.54) is 0 Å². The minimum Gasteiger partial charge on any atom is -0.452 e. The van der Waals surface area contributed by atoms with Gasteiger partial charge in [0, 0.05) is 0 Å². The topological polar surface area (TPSA) is 52.6 Å². The number of rotatable bonds is 7. The SMILES string of the molecule is CC(C)CC(C)(OC(=O)c1ccccc1)C(C)(C)OC(=O)c1ccccc1. The standard InChI is InChI=1S/C23H28O4/c1-17(2)16-23(5,27-21(25)19-14-10-7-11-15-19)22(3,4)26-20(24)18-12-8-6-9-13-18/h6-15,17H,16H2,1-5H3. The number of hydrogen-bond donors (Lipinski definition) is 0. The average Bonchev–Trinajstić information content (AvgIpc) is 2.62. The molecule has 0 saturated carbocycles. The van der Waals surface area contributed by atoms with Crippen LogP contribution in [-0.4, -0.2) is 23.1 Å². The third-order valence-electron chi connectivity index (χ3n) is 4.76. The summed E-state index contributed by atoms with van der Waals surface area (Å²) in [6.07, 6.45) is 0.556. The maximum atomic E-state index is 12.7. The summed E-state index contributed by atoms with van der Waals surface area (Å²) in [5.41, 5.74) is -1.07. The molecule has 2 aromatic rings. The van der Waals surface area contributed by atoms with Crippen molar-refractivity contribution < 1.29 is 19.1 Å². The molecule has 0 bridgehead atoms. The number of ether oxygens (including phenoxy) is 2. The highest BCUT2D eigenvalue weighted by atomic mass is 16.6. The van der Waals surface area contributed by atoms with Gasteiger partial charge in [-0.15, -0.1) is 0 Å². The molecule has 0 radical (unpaired) electrons. The molecule has 144 valence electrons. The van der Waals surface area contributed by atoms with Crippen LogP contribution >= 0.6 is 0 Å². The van der Waals surface area contributed by atoms with E-state index >= 15 is 0 Å². The summed E-state index contributed by atoms with van der Waals surface area (Å²) in [5, 5.41) is 0. The Morgan fingerprint density at radius 2 is 1.19 bits per heavy atom. The number of carbonyl (C=O) groups is 2. The van der Waals surface area contributed by atoms with E-state index in [1.807, 2.05) is 32.9 Å². The zero-order valence-electron chi connectivity index (χ0n) is 16.7. The molecule has 0 aliphatic rings. The summed E-state index contributed by atoms with van der Waals surface area (Å²) in [6.45, 7) is 9.49. The molecule has 1 atom stereocenters. The first-order valence-corrected chi connectivity index (χ1v) is 9.21. The van der Waals surface area contributed by atoms with E-state index in [2.05, 4.69) is 0 Å². The molecule has 2 rings (SSSR count). The average molecular weight is 368 g/mol. The molecular weight excluding hydrogens is 340 g/mol. The highest BCUT2D eigenvalue weighted by Crippen LogP contribution is 2.36. The van der Waals surface area contributed by atoms with Gasteiger partial charge < -0.3 is 9.47 Å². The zero-order valence-corrected chi connectivity index (χ0v) is 16.7. The summed E-state index contributed by atoms with van der Waals surface area (Å²) >= 11 is 0. The molecule has 0 aromatic heterocycles. The highest BCUT2D eigenvalue weighted by Gasteiger charge is 2.48. The first-order chi connectivity index (χ1) is 12.6. The summed E-state index contributed by atoms with van der Waals surface area (Å²) in [6, 6.07) is 17.7. The van der Waals surface area contributed by atoms with Crippen molar-refractivity contribution in [1.29, 1.82) is 0 Å². The Balaban J connectivity index is 2.26. The van der Waals surface area contributed by atoms with E-state index in [4.69, 9.17) is 9.47 Å². The molecule has 2 aromatic carbocycles. The molecule has 0 aliphatic carbocycles. The van der Waals surface area contributed by atoms with Crippen LogP contribution in [0, 0.1) is 5.92 Å². The third kappa shape index (κ3) is 5.19. The van der Waals surface area contributed by atoms with E-state index < -0.39 is 23.1 Å². The fourth-order valence-electron chi connectivity index (χ4n) is 3.00. The lowest BCUT2D eigenvalue weighted by Gasteiger charge is -2.43. The summed E-state index contributed by atoms with van der Waals surface area (Å²) in [7, 11) is 0. The van der Waals surface area contributed by atoms with Crippen LogP contribution in [0.25, 0.3) is 0 Å². The summed E-state index contributed by atoms with van der Waals surface area (Å²) < 4.78 is 11.7. The molecule has 0 spiro atoms. The Bertz CT molecular complexity index is 765. The van der Waals surface area contributed by atoms with Gasteiger partial charge in [0.15, 0.2) is 0 Å². The summed E-state index contributed by atoms with van der Waals surface area (Å²) in [4.78, 5) is 25.3. The Hall–Kier alpha value is -2.62. The van der Waals surface area contributed by atoms with Crippen molar-refractivity contribution in [3.63, 3.8) is 0 Å². The minimum absolute atomic E-state index is 0.244. The lowest BCUT2D eigenvalue weighted by molar-refractivity contribution is -0.141. The van der Waals surface area contributed by atoms with Crippen LogP contribution in [0.2, 0.25) is 0 Å². The molecule has 1 unspecified atom stereocenters. The van der Waals surface area contributed by atoms with Crippen LogP contribution in [0.3, 0.4) is 0 Å². The Labute approximate surface area is 161 Å². The van der Waals surface area contributed by atoms with Crippen molar-refractivity contribution in [3.05, 3.63) is 71.8 Å². The van der Waals surface area contributed by atoms with Crippen LogP contribution in [0.5, 0.6) is 0 Å². The van der Waals surface area contributed by atoms with Crippen LogP contribution < -0.4 is 0 Å². The Kier molecular flexibility index (Phi) is 6.42. The molecule has 0 fully saturated rings. The summed E-state index contributed by atoms with van der Waals surface area (Å²) in [5.74, 6) is -0.623. The van der Waals surface area contributed by atoms with E-state index in [0.717, 1.165) is 0 Å². The van der Waals surface area contributed by atoms with E-state index in [0.29, 0.717) is 17.5 Å². The van der Waals surface area contributed by atoms with E-state index in [-0.39, 0.29) is 5.92 Å². The fourth-order valence-corrected chi connectivity index (χ4v) is 3.00. The van der Waals surface area contributed by atoms with Gasteiger partial charge in [0.05, 0.1) is 11.1 Å². The number of hydrogen-bond acceptors (Lipinski definition) is 4. The molecule has 4 nitrogen and oxygen atoms in total. The van der Waals surface area contributed by atoms with Gasteiger partial charge in [-0.2, -0.15) is 0 Å². The molecule has 4 heteroatoms. The van der Waals surface area contributed by atoms with E-state index in [9.17, 15) is 9.59 Å². The van der Waals surface area contributed by atoms with Gasteiger partial charge in [0.25, 0.3) is 0 Å². The minimum atomic E-state index is -1.02. The smallest absolute Gasteiger partial charge is 0.338 e. The highest BCUT2D eigenvalue weighted by molar-refractivity contribution is 5.90. The van der Waals surface area contributed by atoms with Crippen LogP contribution in [0.1, 0.15) is 61.8 Å². The van der Waals surface area contributed by atoms with Crippen molar-refractivity contribution >= 4 is 11.9 Å². The monoisotopic (exact) mass is 368 g/mol. The molecular formula is C23H28O4. The second-order valence-electron chi connectivity index (χ2n) is 7.85. The first kappa shape index (κ1) is 20.7. The van der Waals surface area contributed by atoms with Crippen molar-refractivity contribution in [2.45, 2.75) is 52.2 Å². The van der Waals surface area contributed by atoms with E-state index in [1.54, 1.807) is 62.4 Å². The molecule has 0 amide bonds. The lowest BCUT2D eigenvalue weighted by atomic mass is 9.80. The van der Waals surface area contributed by atoms with Crippen molar-refractivity contribution in [3.8, 4) is 0 Å². The zero-order chi connectivity index (χ0) is 20.1. The van der Waals surface area contributed by atoms with Crippen LogP contribution in [0.4, 0.5) is 0 Å². The molecule has 0 heterocycles. The molecule has 27 heavy (non-hydrogen) atoms. The Morgan fingerprint density at radius 3 is 1.59 bits per heavy atom. The quantitative estimate of drug-likeness (QED) is 0.624. The first-order valence-electron chi connectivity index (χ1n) is 9.21. The van der Waals surface area contributed by atoms with Crippen molar-refractivity contribution in [2.24, 2.45) is 5.92 Å². The predicted octanol–water partition coefficient (Wildman–Crippen LogP) is 5.28. The van der Waals surface area contributed by atoms with Gasteiger partial charge in [-0.3, -0.25) is 0 Å². The fraction of sp³-hybridized carbons (Fsp3) is 0.391. The largest absolute Gasteiger partial charge is 0.452 e. The molecule has 0 saturated heterocycles. The van der Waals surface area contributed by atoms with Gasteiger partial charge in [-0.05, 0) is 57.4 Å². The molecule has 0 aliphatic heterocycles. The van der Waals surface area contributed by atoms with Gasteiger partial charge in [-0.1, -0.05) is 50.2 Å². The second kappa shape index (κ2) is 8.38. The van der Waals surface area contributed by atoms with Gasteiger partial charge >= 0.3 is 11.9 Å². The second-order valence-corrected chi connectivity index (χ2v) is 7.85. The predicted molar refractivity (Wildman–Crippen MR) is 106 cm³/mol. The molecule has 0 N–H and O–H groups in total. The lowest BCUT2D eigenvalue weighted by Crippen LogP contribution is -2.54. The number of carbonyl (C=O) groups excluding carboxylic acids is 2. The van der Waals surface area contributed by atoms with Crippen LogP contribution in [0.15, 0.2) is 60.7 Å². The number of benzene rings is 2. The Morgan fingerprint density at radius 1 is 0.778 bits per heavy atom. The van der Waals surface area contributed by atoms with Gasteiger partial charge in [0.1, 0.15) is 11.2 Å². The van der Waals surface area contributed by atoms with Crippen LogP contribution in [-0.2, 0) is 9.47 Å². The number of esters is 2. The maximum absolute atomic E-state index is 12.7. The van der Waals surface area contributed by atoms with Gasteiger partial charge in [-0.25, -0.2) is 9.59 Å². The van der Waals surface area contributed by atoms with Gasteiger partial charge in [0.2, 0.25) is 0 Å². The third-order valence-corrected chi connectivity index (χ3v) is 4.76. The maximum Gasteiger partial charge on any atom is 0.338 e.